The van der Waals surface area contributed by atoms with Crippen LogP contribution in [0.25, 0.3) is 0 Å². The SMILES string of the molecule is O=C(C1CCN(Cc2ccc(F)c(F)c2)C1)N1CCCC1. The van der Waals surface area contributed by atoms with Gasteiger partial charge in [0.05, 0.1) is 5.92 Å². The predicted molar refractivity (Wildman–Crippen MR) is 75.6 cm³/mol. The molecule has 0 bridgehead atoms. The van der Waals surface area contributed by atoms with Crippen LogP contribution in [0.1, 0.15) is 24.8 Å². The highest BCUT2D eigenvalue weighted by molar-refractivity contribution is 5.79. The maximum atomic E-state index is 13.2. The number of rotatable bonds is 3. The molecule has 1 atom stereocenters. The fraction of sp³-hybridized carbons (Fsp3) is 0.562. The summed E-state index contributed by atoms with van der Waals surface area (Å²) in [5, 5.41) is 0. The van der Waals surface area contributed by atoms with E-state index in [-0.39, 0.29) is 11.8 Å². The van der Waals surface area contributed by atoms with Crippen LogP contribution in [0.2, 0.25) is 0 Å². The topological polar surface area (TPSA) is 23.6 Å². The number of nitrogens with zero attached hydrogens (tertiary/aromatic N) is 2. The Labute approximate surface area is 123 Å². The van der Waals surface area contributed by atoms with Crippen molar-refractivity contribution >= 4 is 5.91 Å². The molecule has 0 spiro atoms. The van der Waals surface area contributed by atoms with Crippen molar-refractivity contribution in [3.05, 3.63) is 35.4 Å². The standard InChI is InChI=1S/C16H20F2N2O/c17-14-4-3-12(9-15(14)18)10-19-8-5-13(11-19)16(21)20-6-1-2-7-20/h3-4,9,13H,1-2,5-8,10-11H2. The third-order valence-electron chi connectivity index (χ3n) is 4.43. The van der Waals surface area contributed by atoms with Crippen LogP contribution in [-0.2, 0) is 11.3 Å². The fourth-order valence-electron chi connectivity index (χ4n) is 3.27. The number of likely N-dealkylation sites (tertiary alicyclic amines) is 2. The number of hydrogen-bond donors (Lipinski definition) is 0. The van der Waals surface area contributed by atoms with Gasteiger partial charge >= 0.3 is 0 Å². The third-order valence-corrected chi connectivity index (χ3v) is 4.43. The smallest absolute Gasteiger partial charge is 0.227 e. The van der Waals surface area contributed by atoms with E-state index < -0.39 is 11.6 Å². The van der Waals surface area contributed by atoms with Crippen LogP contribution >= 0.6 is 0 Å². The first-order valence-electron chi connectivity index (χ1n) is 7.58. The molecule has 3 rings (SSSR count). The van der Waals surface area contributed by atoms with Gasteiger partial charge < -0.3 is 4.90 Å². The third kappa shape index (κ3) is 3.23. The summed E-state index contributed by atoms with van der Waals surface area (Å²) in [5.74, 6) is -1.30. The molecule has 0 aromatic heterocycles. The molecule has 0 saturated carbocycles. The molecule has 2 fully saturated rings. The van der Waals surface area contributed by atoms with E-state index in [1.54, 1.807) is 6.07 Å². The Balaban J connectivity index is 1.56. The normalized spacial score (nSPS) is 23.0. The largest absolute Gasteiger partial charge is 0.342 e. The molecule has 0 N–H and O–H groups in total. The van der Waals surface area contributed by atoms with Gasteiger partial charge in [-0.15, -0.1) is 0 Å². The molecule has 2 aliphatic rings. The minimum absolute atomic E-state index is 0.0633. The minimum Gasteiger partial charge on any atom is -0.342 e. The molecule has 0 radical (unpaired) electrons. The summed E-state index contributed by atoms with van der Waals surface area (Å²) in [5.41, 5.74) is 0.753. The van der Waals surface area contributed by atoms with E-state index in [9.17, 15) is 13.6 Å². The van der Waals surface area contributed by atoms with Gasteiger partial charge in [0.2, 0.25) is 5.91 Å². The highest BCUT2D eigenvalue weighted by atomic mass is 19.2. The van der Waals surface area contributed by atoms with E-state index in [1.165, 1.54) is 6.07 Å². The number of amides is 1. The Morgan fingerprint density at radius 2 is 1.90 bits per heavy atom. The maximum Gasteiger partial charge on any atom is 0.227 e. The summed E-state index contributed by atoms with van der Waals surface area (Å²) in [6.07, 6.45) is 3.08. The van der Waals surface area contributed by atoms with Crippen molar-refractivity contribution in [3.8, 4) is 0 Å². The Morgan fingerprint density at radius 1 is 1.14 bits per heavy atom. The molecule has 1 amide bonds. The zero-order valence-electron chi connectivity index (χ0n) is 12.0. The molecule has 114 valence electrons. The monoisotopic (exact) mass is 294 g/mol. The molecule has 1 aromatic rings. The number of halogens is 2. The Hall–Kier alpha value is -1.49. The second kappa shape index (κ2) is 6.10. The van der Waals surface area contributed by atoms with Crippen LogP contribution in [0.4, 0.5) is 8.78 Å². The first-order chi connectivity index (χ1) is 10.1. The summed E-state index contributed by atoms with van der Waals surface area (Å²) < 4.78 is 26.1. The van der Waals surface area contributed by atoms with Crippen LogP contribution in [0, 0.1) is 17.6 Å². The van der Waals surface area contributed by atoms with Gasteiger partial charge in [-0.3, -0.25) is 9.69 Å². The predicted octanol–water partition coefficient (Wildman–Crippen LogP) is 2.41. The Kier molecular flexibility index (Phi) is 4.19. The first-order valence-corrected chi connectivity index (χ1v) is 7.58. The number of carbonyl (C=O) groups excluding carboxylic acids is 1. The Bertz CT molecular complexity index is 529. The molecular weight excluding hydrogens is 274 g/mol. The van der Waals surface area contributed by atoms with Crippen LogP contribution in [0.15, 0.2) is 18.2 Å². The van der Waals surface area contributed by atoms with Gasteiger partial charge in [0, 0.05) is 26.2 Å². The summed E-state index contributed by atoms with van der Waals surface area (Å²) >= 11 is 0. The van der Waals surface area contributed by atoms with E-state index in [0.29, 0.717) is 13.1 Å². The summed E-state index contributed by atoms with van der Waals surface area (Å²) in [7, 11) is 0. The van der Waals surface area contributed by atoms with E-state index in [4.69, 9.17) is 0 Å². The van der Waals surface area contributed by atoms with E-state index in [0.717, 1.165) is 50.5 Å². The van der Waals surface area contributed by atoms with Crippen molar-refractivity contribution in [1.82, 2.24) is 9.80 Å². The van der Waals surface area contributed by atoms with Crippen LogP contribution in [0.5, 0.6) is 0 Å². The molecule has 1 unspecified atom stereocenters. The van der Waals surface area contributed by atoms with Crippen molar-refractivity contribution in [1.29, 1.82) is 0 Å². The van der Waals surface area contributed by atoms with Gasteiger partial charge in [-0.2, -0.15) is 0 Å². The molecule has 2 heterocycles. The van der Waals surface area contributed by atoms with Gasteiger partial charge in [-0.1, -0.05) is 6.07 Å². The van der Waals surface area contributed by atoms with Crippen molar-refractivity contribution in [2.24, 2.45) is 5.92 Å². The van der Waals surface area contributed by atoms with Crippen LogP contribution in [-0.4, -0.2) is 41.9 Å². The van der Waals surface area contributed by atoms with Gasteiger partial charge in [-0.25, -0.2) is 8.78 Å². The van der Waals surface area contributed by atoms with Gasteiger partial charge in [0.25, 0.3) is 0 Å². The Morgan fingerprint density at radius 3 is 2.62 bits per heavy atom. The molecule has 3 nitrogen and oxygen atoms in total. The quantitative estimate of drug-likeness (QED) is 0.854. The lowest BCUT2D eigenvalue weighted by Gasteiger charge is -2.20. The molecule has 5 heteroatoms. The zero-order valence-corrected chi connectivity index (χ0v) is 12.0. The first kappa shape index (κ1) is 14.4. The van der Waals surface area contributed by atoms with E-state index in [2.05, 4.69) is 4.90 Å². The van der Waals surface area contributed by atoms with Crippen molar-refractivity contribution < 1.29 is 13.6 Å². The van der Waals surface area contributed by atoms with Crippen molar-refractivity contribution in [3.63, 3.8) is 0 Å². The average molecular weight is 294 g/mol. The van der Waals surface area contributed by atoms with Crippen molar-refractivity contribution in [2.45, 2.75) is 25.8 Å². The van der Waals surface area contributed by atoms with Crippen LogP contribution in [0.3, 0.4) is 0 Å². The number of benzene rings is 1. The van der Waals surface area contributed by atoms with Gasteiger partial charge in [0.15, 0.2) is 11.6 Å². The van der Waals surface area contributed by atoms with E-state index >= 15 is 0 Å². The lowest BCUT2D eigenvalue weighted by atomic mass is 10.1. The fourth-order valence-corrected chi connectivity index (χ4v) is 3.27. The summed E-state index contributed by atoms with van der Waals surface area (Å²) in [6, 6.07) is 4.01. The highest BCUT2D eigenvalue weighted by Gasteiger charge is 2.32. The summed E-state index contributed by atoms with van der Waals surface area (Å²) in [4.78, 5) is 16.4. The van der Waals surface area contributed by atoms with Gasteiger partial charge in [-0.05, 0) is 43.5 Å². The molecule has 21 heavy (non-hydrogen) atoms. The molecule has 2 saturated heterocycles. The molecule has 2 aliphatic heterocycles. The van der Waals surface area contributed by atoms with E-state index in [1.807, 2.05) is 4.90 Å². The average Bonchev–Trinajstić information content (AvgIpc) is 3.13. The number of carbonyl (C=O) groups is 1. The molecular formula is C16H20F2N2O. The summed E-state index contributed by atoms with van der Waals surface area (Å²) in [6.45, 7) is 3.90. The molecule has 0 aliphatic carbocycles. The highest BCUT2D eigenvalue weighted by Crippen LogP contribution is 2.23. The lowest BCUT2D eigenvalue weighted by molar-refractivity contribution is -0.134. The number of hydrogen-bond acceptors (Lipinski definition) is 2. The van der Waals surface area contributed by atoms with Crippen molar-refractivity contribution in [2.75, 3.05) is 26.2 Å². The lowest BCUT2D eigenvalue weighted by Crippen LogP contribution is -2.35. The second-order valence-electron chi connectivity index (χ2n) is 6.00. The second-order valence-corrected chi connectivity index (χ2v) is 6.00. The zero-order chi connectivity index (χ0) is 14.8. The maximum absolute atomic E-state index is 13.2. The van der Waals surface area contributed by atoms with Gasteiger partial charge in [0.1, 0.15) is 0 Å². The molecule has 1 aromatic carbocycles. The van der Waals surface area contributed by atoms with Crippen LogP contribution < -0.4 is 0 Å². The minimum atomic E-state index is -0.817.